The van der Waals surface area contributed by atoms with E-state index in [9.17, 15) is 18.0 Å². The van der Waals surface area contributed by atoms with Crippen LogP contribution in [0.15, 0.2) is 24.3 Å². The molecule has 2 atom stereocenters. The van der Waals surface area contributed by atoms with Gasteiger partial charge in [0.2, 0.25) is 5.91 Å². The minimum absolute atomic E-state index is 0.0886. The van der Waals surface area contributed by atoms with E-state index in [1.807, 2.05) is 13.8 Å². The summed E-state index contributed by atoms with van der Waals surface area (Å²) in [4.78, 5) is 12.1. The smallest absolute Gasteiger partial charge is 0.422 e. The highest BCUT2D eigenvalue weighted by molar-refractivity contribution is 5.78. The van der Waals surface area contributed by atoms with Crippen LogP contribution in [0.25, 0.3) is 0 Å². The lowest BCUT2D eigenvalue weighted by Crippen LogP contribution is -2.44. The molecule has 0 spiro atoms. The summed E-state index contributed by atoms with van der Waals surface area (Å²) < 4.78 is 46.5. The summed E-state index contributed by atoms with van der Waals surface area (Å²) >= 11 is 0. The number of alkyl halides is 3. The number of hydrogen-bond donors (Lipinski definition) is 1. The van der Waals surface area contributed by atoms with E-state index in [1.54, 1.807) is 12.1 Å². The van der Waals surface area contributed by atoms with Crippen molar-refractivity contribution < 1.29 is 27.4 Å². The molecule has 1 heterocycles. The van der Waals surface area contributed by atoms with Crippen molar-refractivity contribution in [3.63, 3.8) is 0 Å². The zero-order chi connectivity index (χ0) is 17.7. The second-order valence-electron chi connectivity index (χ2n) is 6.22. The summed E-state index contributed by atoms with van der Waals surface area (Å²) in [6.45, 7) is 2.63. The molecule has 134 valence electrons. The second kappa shape index (κ2) is 7.88. The molecule has 2 rings (SSSR count). The summed E-state index contributed by atoms with van der Waals surface area (Å²) in [5, 5.41) is 2.99. The van der Waals surface area contributed by atoms with Crippen LogP contribution in [-0.4, -0.2) is 36.9 Å². The molecule has 1 amide bonds. The molecule has 0 radical (unpaired) electrons. The van der Waals surface area contributed by atoms with Gasteiger partial charge in [0.25, 0.3) is 0 Å². The fourth-order valence-corrected chi connectivity index (χ4v) is 2.86. The van der Waals surface area contributed by atoms with Gasteiger partial charge in [0.05, 0.1) is 18.6 Å². The van der Waals surface area contributed by atoms with Crippen molar-refractivity contribution in [1.29, 1.82) is 0 Å². The predicted molar refractivity (Wildman–Crippen MR) is 82.9 cm³/mol. The second-order valence-corrected chi connectivity index (χ2v) is 6.22. The molecule has 0 aromatic heterocycles. The van der Waals surface area contributed by atoms with Crippen LogP contribution in [0.4, 0.5) is 13.2 Å². The molecule has 1 fully saturated rings. The average molecular weight is 345 g/mol. The van der Waals surface area contributed by atoms with Crippen LogP contribution in [0.3, 0.4) is 0 Å². The fraction of sp³-hybridized carbons (Fsp3) is 0.588. The van der Waals surface area contributed by atoms with Crippen LogP contribution < -0.4 is 10.1 Å². The van der Waals surface area contributed by atoms with Crippen molar-refractivity contribution in [1.82, 2.24) is 5.32 Å². The van der Waals surface area contributed by atoms with E-state index in [4.69, 9.17) is 4.74 Å². The Morgan fingerprint density at radius 3 is 2.33 bits per heavy atom. The number of amides is 1. The normalized spacial score (nSPS) is 24.5. The maximum atomic E-state index is 12.1. The molecule has 1 aromatic rings. The van der Waals surface area contributed by atoms with Crippen molar-refractivity contribution in [2.75, 3.05) is 6.61 Å². The van der Waals surface area contributed by atoms with Crippen LogP contribution in [0.1, 0.15) is 32.3 Å². The Labute approximate surface area is 139 Å². The van der Waals surface area contributed by atoms with E-state index >= 15 is 0 Å². The first-order chi connectivity index (χ1) is 11.2. The van der Waals surface area contributed by atoms with E-state index in [-0.39, 0.29) is 36.3 Å². The molecule has 0 bridgehead atoms. The molecule has 1 N–H and O–H groups in total. The third-order valence-corrected chi connectivity index (χ3v) is 3.75. The molecule has 0 aliphatic carbocycles. The first-order valence-corrected chi connectivity index (χ1v) is 7.94. The highest BCUT2D eigenvalue weighted by Crippen LogP contribution is 2.20. The Morgan fingerprint density at radius 1 is 1.21 bits per heavy atom. The molecule has 1 saturated heterocycles. The van der Waals surface area contributed by atoms with Gasteiger partial charge in [0.15, 0.2) is 6.61 Å². The first-order valence-electron chi connectivity index (χ1n) is 7.94. The summed E-state index contributed by atoms with van der Waals surface area (Å²) in [6.07, 6.45) is -2.40. The Bertz CT molecular complexity index is 535. The van der Waals surface area contributed by atoms with Gasteiger partial charge in [-0.1, -0.05) is 12.1 Å². The zero-order valence-electron chi connectivity index (χ0n) is 13.7. The molecular formula is C17H22F3NO3. The number of halogens is 3. The standard InChI is InChI=1S/C17H22F3NO3/c1-11-7-14(8-12(2)24-11)21-16(22)9-13-3-5-15(6-4-13)23-10-17(18,19)20/h3-6,11-12,14H,7-10H2,1-2H3,(H,21,22). The number of carbonyl (C=O) groups is 1. The third kappa shape index (κ3) is 6.39. The lowest BCUT2D eigenvalue weighted by atomic mass is 9.99. The Hall–Kier alpha value is -1.76. The SMILES string of the molecule is CC1CC(NC(=O)Cc2ccc(OCC(F)(F)F)cc2)CC(C)O1. The average Bonchev–Trinajstić information content (AvgIpc) is 2.44. The minimum Gasteiger partial charge on any atom is -0.484 e. The minimum atomic E-state index is -4.36. The molecule has 4 nitrogen and oxygen atoms in total. The van der Waals surface area contributed by atoms with Crippen molar-refractivity contribution in [2.24, 2.45) is 0 Å². The molecule has 0 saturated carbocycles. The summed E-state index contributed by atoms with van der Waals surface area (Å²) in [5.74, 6) is 0.0221. The predicted octanol–water partition coefficient (Wildman–Crippen LogP) is 3.24. The van der Waals surface area contributed by atoms with E-state index in [1.165, 1.54) is 12.1 Å². The van der Waals surface area contributed by atoms with Gasteiger partial charge in [-0.05, 0) is 44.4 Å². The van der Waals surface area contributed by atoms with Crippen molar-refractivity contribution >= 4 is 5.91 Å². The molecule has 2 unspecified atom stereocenters. The van der Waals surface area contributed by atoms with Gasteiger partial charge >= 0.3 is 6.18 Å². The fourth-order valence-electron chi connectivity index (χ4n) is 2.86. The number of benzene rings is 1. The molecule has 1 aliphatic rings. The molecule has 7 heteroatoms. The van der Waals surface area contributed by atoms with Crippen LogP contribution in [0.2, 0.25) is 0 Å². The monoisotopic (exact) mass is 345 g/mol. The summed E-state index contributed by atoms with van der Waals surface area (Å²) in [5.41, 5.74) is 0.722. The van der Waals surface area contributed by atoms with Gasteiger partial charge in [0, 0.05) is 6.04 Å². The largest absolute Gasteiger partial charge is 0.484 e. The maximum Gasteiger partial charge on any atom is 0.422 e. The molecule has 1 aromatic carbocycles. The zero-order valence-corrected chi connectivity index (χ0v) is 13.7. The van der Waals surface area contributed by atoms with Crippen molar-refractivity contribution in [3.8, 4) is 5.75 Å². The van der Waals surface area contributed by atoms with E-state index < -0.39 is 12.8 Å². The van der Waals surface area contributed by atoms with Crippen molar-refractivity contribution in [3.05, 3.63) is 29.8 Å². The van der Waals surface area contributed by atoms with E-state index in [2.05, 4.69) is 10.1 Å². The highest BCUT2D eigenvalue weighted by Gasteiger charge is 2.28. The van der Waals surface area contributed by atoms with Gasteiger partial charge in [-0.3, -0.25) is 4.79 Å². The van der Waals surface area contributed by atoms with Gasteiger partial charge in [-0.15, -0.1) is 0 Å². The summed E-state index contributed by atoms with van der Waals surface area (Å²) in [6, 6.07) is 6.16. The Balaban J connectivity index is 1.81. The highest BCUT2D eigenvalue weighted by atomic mass is 19.4. The van der Waals surface area contributed by atoms with Gasteiger partial charge in [-0.2, -0.15) is 13.2 Å². The first kappa shape index (κ1) is 18.6. The van der Waals surface area contributed by atoms with Crippen LogP contribution in [0.5, 0.6) is 5.75 Å². The lowest BCUT2D eigenvalue weighted by Gasteiger charge is -2.32. The van der Waals surface area contributed by atoms with Crippen LogP contribution in [-0.2, 0) is 16.0 Å². The molecule has 24 heavy (non-hydrogen) atoms. The molecule has 1 aliphatic heterocycles. The number of ether oxygens (including phenoxy) is 2. The van der Waals surface area contributed by atoms with Crippen molar-refractivity contribution in [2.45, 2.75) is 57.5 Å². The number of nitrogens with one attached hydrogen (secondary N) is 1. The lowest BCUT2D eigenvalue weighted by molar-refractivity contribution is -0.153. The summed E-state index contributed by atoms with van der Waals surface area (Å²) in [7, 11) is 0. The number of hydrogen-bond acceptors (Lipinski definition) is 3. The van der Waals surface area contributed by atoms with Crippen LogP contribution >= 0.6 is 0 Å². The third-order valence-electron chi connectivity index (χ3n) is 3.75. The number of carbonyl (C=O) groups excluding carboxylic acids is 1. The Morgan fingerprint density at radius 2 is 1.79 bits per heavy atom. The Kier molecular flexibility index (Phi) is 6.10. The topological polar surface area (TPSA) is 47.6 Å². The van der Waals surface area contributed by atoms with Gasteiger partial charge in [0.1, 0.15) is 5.75 Å². The van der Waals surface area contributed by atoms with E-state index in [0.29, 0.717) is 0 Å². The van der Waals surface area contributed by atoms with Gasteiger partial charge in [-0.25, -0.2) is 0 Å². The van der Waals surface area contributed by atoms with Gasteiger partial charge < -0.3 is 14.8 Å². The molecular weight excluding hydrogens is 323 g/mol. The maximum absolute atomic E-state index is 12.1. The van der Waals surface area contributed by atoms with Crippen LogP contribution in [0, 0.1) is 0 Å². The number of rotatable bonds is 5. The van der Waals surface area contributed by atoms with E-state index in [0.717, 1.165) is 18.4 Å². The quantitative estimate of drug-likeness (QED) is 0.891.